The van der Waals surface area contributed by atoms with E-state index < -0.39 is 4.92 Å². The lowest BCUT2D eigenvalue weighted by atomic mass is 9.99. The van der Waals surface area contributed by atoms with Crippen LogP contribution in [0.5, 0.6) is 0 Å². The fourth-order valence-electron chi connectivity index (χ4n) is 3.44. The third-order valence-electron chi connectivity index (χ3n) is 4.39. The number of rotatable bonds is 3. The fraction of sp³-hybridized carbons (Fsp3) is 0.692. The summed E-state index contributed by atoms with van der Waals surface area (Å²) in [6, 6.07) is 0.627. The largest absolute Gasteiger partial charge is 0.360 e. The maximum absolute atomic E-state index is 11.2. The third kappa shape index (κ3) is 2.80. The Kier molecular flexibility index (Phi) is 3.95. The highest BCUT2D eigenvalue weighted by Crippen LogP contribution is 2.32. The molecule has 2 unspecified atom stereocenters. The van der Waals surface area contributed by atoms with E-state index in [4.69, 9.17) is 11.6 Å². The van der Waals surface area contributed by atoms with Gasteiger partial charge in [0.15, 0.2) is 0 Å². The van der Waals surface area contributed by atoms with Gasteiger partial charge in [-0.1, -0.05) is 6.42 Å². The van der Waals surface area contributed by atoms with Gasteiger partial charge >= 0.3 is 5.69 Å². The van der Waals surface area contributed by atoms with E-state index in [1.54, 1.807) is 6.92 Å². The van der Waals surface area contributed by atoms with Crippen molar-refractivity contribution in [3.05, 3.63) is 21.1 Å². The Labute approximate surface area is 127 Å². The summed E-state index contributed by atoms with van der Waals surface area (Å²) in [6.45, 7) is 3.74. The van der Waals surface area contributed by atoms with Crippen LogP contribution in [-0.4, -0.2) is 45.0 Å². The predicted molar refractivity (Wildman–Crippen MR) is 79.7 cm³/mol. The number of piperidine rings is 1. The van der Waals surface area contributed by atoms with Crippen molar-refractivity contribution < 1.29 is 4.92 Å². The van der Waals surface area contributed by atoms with Gasteiger partial charge in [-0.05, 0) is 44.3 Å². The Hall–Kier alpha value is -1.47. The number of aromatic nitrogens is 2. The van der Waals surface area contributed by atoms with Crippen LogP contribution in [0.1, 0.15) is 31.4 Å². The molecule has 1 N–H and O–H groups in total. The first-order valence-electron chi connectivity index (χ1n) is 7.25. The van der Waals surface area contributed by atoms with Crippen molar-refractivity contribution in [2.24, 2.45) is 0 Å². The van der Waals surface area contributed by atoms with Crippen LogP contribution in [0.15, 0.2) is 0 Å². The molecule has 3 rings (SSSR count). The summed E-state index contributed by atoms with van der Waals surface area (Å²) >= 11 is 5.85. The third-order valence-corrected chi connectivity index (χ3v) is 4.56. The lowest BCUT2D eigenvalue weighted by Crippen LogP contribution is -2.42. The van der Waals surface area contributed by atoms with Gasteiger partial charge in [0.2, 0.25) is 11.1 Å². The fourth-order valence-corrected chi connectivity index (χ4v) is 3.65. The zero-order valence-corrected chi connectivity index (χ0v) is 12.6. The van der Waals surface area contributed by atoms with Gasteiger partial charge in [-0.3, -0.25) is 15.0 Å². The minimum absolute atomic E-state index is 0.0408. The normalized spacial score (nSPS) is 25.6. The Morgan fingerprint density at radius 2 is 2.14 bits per heavy atom. The molecular weight excluding hydrogens is 294 g/mol. The second-order valence-corrected chi connectivity index (χ2v) is 6.01. The van der Waals surface area contributed by atoms with E-state index in [1.165, 1.54) is 12.8 Å². The van der Waals surface area contributed by atoms with Gasteiger partial charge in [0.25, 0.3) is 0 Å². The summed E-state index contributed by atoms with van der Waals surface area (Å²) < 4.78 is 0. The Bertz CT molecular complexity index is 568. The molecule has 0 radical (unpaired) electrons. The molecule has 0 amide bonds. The number of aryl methyl sites for hydroxylation is 1. The van der Waals surface area contributed by atoms with Crippen LogP contribution in [-0.2, 0) is 0 Å². The van der Waals surface area contributed by atoms with Crippen LogP contribution in [0.4, 0.5) is 11.5 Å². The Morgan fingerprint density at radius 1 is 1.33 bits per heavy atom. The molecule has 1 aromatic heterocycles. The van der Waals surface area contributed by atoms with Gasteiger partial charge in [-0.25, -0.2) is 4.98 Å². The lowest BCUT2D eigenvalue weighted by Gasteiger charge is -2.32. The van der Waals surface area contributed by atoms with Crippen LogP contribution in [0, 0.1) is 17.0 Å². The van der Waals surface area contributed by atoms with E-state index in [9.17, 15) is 10.1 Å². The molecule has 2 fully saturated rings. The first kappa shape index (κ1) is 14.5. The van der Waals surface area contributed by atoms with E-state index in [1.807, 2.05) is 0 Å². The van der Waals surface area contributed by atoms with Crippen LogP contribution < -0.4 is 5.32 Å². The second-order valence-electron chi connectivity index (χ2n) is 5.67. The van der Waals surface area contributed by atoms with E-state index in [0.29, 0.717) is 11.7 Å². The monoisotopic (exact) mass is 311 g/mol. The number of halogens is 1. The first-order chi connectivity index (χ1) is 10.1. The van der Waals surface area contributed by atoms with Crippen LogP contribution in [0.3, 0.4) is 0 Å². The molecule has 0 aliphatic carbocycles. The molecule has 0 bridgehead atoms. The van der Waals surface area contributed by atoms with Crippen molar-refractivity contribution in [1.82, 2.24) is 14.9 Å². The topological polar surface area (TPSA) is 84.2 Å². The van der Waals surface area contributed by atoms with Crippen LogP contribution in [0.2, 0.25) is 5.28 Å². The van der Waals surface area contributed by atoms with E-state index in [2.05, 4.69) is 20.2 Å². The van der Waals surface area contributed by atoms with Crippen molar-refractivity contribution in [2.45, 2.75) is 44.7 Å². The molecule has 2 aliphatic heterocycles. The number of hydrogen-bond donors (Lipinski definition) is 1. The molecule has 2 saturated heterocycles. The zero-order chi connectivity index (χ0) is 15.0. The van der Waals surface area contributed by atoms with Crippen molar-refractivity contribution in [2.75, 3.05) is 18.4 Å². The summed E-state index contributed by atoms with van der Waals surface area (Å²) in [5, 5.41) is 14.5. The van der Waals surface area contributed by atoms with E-state index in [-0.39, 0.29) is 22.8 Å². The number of nitrogens with one attached hydrogen (secondary N) is 1. The molecule has 0 spiro atoms. The minimum Gasteiger partial charge on any atom is -0.360 e. The average Bonchev–Trinajstić information content (AvgIpc) is 2.81. The maximum Gasteiger partial charge on any atom is 0.332 e. The summed E-state index contributed by atoms with van der Waals surface area (Å²) in [5.41, 5.74) is 0.217. The number of nitrogens with zero attached hydrogens (tertiary/aromatic N) is 4. The average molecular weight is 312 g/mol. The number of nitro groups is 1. The smallest absolute Gasteiger partial charge is 0.332 e. The summed E-state index contributed by atoms with van der Waals surface area (Å²) in [4.78, 5) is 21.2. The van der Waals surface area contributed by atoms with Gasteiger partial charge in [0, 0.05) is 18.6 Å². The molecular formula is C13H18ClN5O2. The van der Waals surface area contributed by atoms with Crippen molar-refractivity contribution in [3.63, 3.8) is 0 Å². The van der Waals surface area contributed by atoms with Gasteiger partial charge in [-0.15, -0.1) is 0 Å². The van der Waals surface area contributed by atoms with Gasteiger partial charge in [0.05, 0.1) is 4.92 Å². The summed E-state index contributed by atoms with van der Waals surface area (Å²) in [5.74, 6) is 0.245. The Balaban J connectivity index is 1.86. The molecule has 1 aromatic rings. The number of anilines is 1. The summed E-state index contributed by atoms with van der Waals surface area (Å²) in [7, 11) is 0. The molecule has 3 heterocycles. The van der Waals surface area contributed by atoms with Crippen LogP contribution >= 0.6 is 11.6 Å². The first-order valence-corrected chi connectivity index (χ1v) is 7.63. The number of hydrogen-bond acceptors (Lipinski definition) is 6. The lowest BCUT2D eigenvalue weighted by molar-refractivity contribution is -0.385. The molecule has 21 heavy (non-hydrogen) atoms. The van der Waals surface area contributed by atoms with Crippen molar-refractivity contribution in [1.29, 1.82) is 0 Å². The van der Waals surface area contributed by atoms with Crippen molar-refractivity contribution in [3.8, 4) is 0 Å². The molecule has 8 heteroatoms. The van der Waals surface area contributed by atoms with E-state index >= 15 is 0 Å². The quantitative estimate of drug-likeness (QED) is 0.524. The van der Waals surface area contributed by atoms with Crippen molar-refractivity contribution >= 4 is 23.1 Å². The molecule has 0 aromatic carbocycles. The van der Waals surface area contributed by atoms with Crippen LogP contribution in [0.25, 0.3) is 0 Å². The molecule has 0 saturated carbocycles. The maximum atomic E-state index is 11.2. The highest BCUT2D eigenvalue weighted by molar-refractivity contribution is 6.28. The molecule has 7 nitrogen and oxygen atoms in total. The minimum atomic E-state index is -0.443. The standard InChI is InChI=1S/C13H18ClN5O2/c1-8-11(19(20)21)12(17-13(14)15-8)16-9-5-7-18-6-3-2-4-10(9)18/h9-10H,2-7H2,1H3,(H,15,16,17). The highest BCUT2D eigenvalue weighted by atomic mass is 35.5. The molecule has 2 atom stereocenters. The van der Waals surface area contributed by atoms with Gasteiger partial charge in [0.1, 0.15) is 5.69 Å². The second kappa shape index (κ2) is 5.73. The van der Waals surface area contributed by atoms with Gasteiger partial charge < -0.3 is 5.32 Å². The Morgan fingerprint density at radius 3 is 2.90 bits per heavy atom. The highest BCUT2D eigenvalue weighted by Gasteiger charge is 2.37. The molecule has 114 valence electrons. The predicted octanol–water partition coefficient (Wildman–Crippen LogP) is 2.39. The zero-order valence-electron chi connectivity index (χ0n) is 11.9. The van der Waals surface area contributed by atoms with E-state index in [0.717, 1.165) is 25.9 Å². The van der Waals surface area contributed by atoms with Gasteiger partial charge in [-0.2, -0.15) is 4.98 Å². The SMILES string of the molecule is Cc1nc(Cl)nc(NC2CCN3CCCCC23)c1[N+](=O)[O-]. The summed E-state index contributed by atoms with van der Waals surface area (Å²) in [6.07, 6.45) is 4.55. The number of fused-ring (bicyclic) bond motifs is 1. The molecule has 2 aliphatic rings.